The maximum atomic E-state index is 12.8. The molecule has 11 heteroatoms. The Morgan fingerprint density at radius 1 is 1.18 bits per heavy atom. The SMILES string of the molecule is Cc1nn(-c2ncc(Cl)c(Nc3ccc4c(c3)n(CCC(C)(C)O)c(=O)n4C)n2)c(C)c1Cl. The molecule has 9 nitrogen and oxygen atoms in total. The molecule has 0 unspecified atom stereocenters. The number of anilines is 2. The molecule has 1 aromatic carbocycles. The highest BCUT2D eigenvalue weighted by atomic mass is 35.5. The van der Waals surface area contributed by atoms with Crippen molar-refractivity contribution in [2.24, 2.45) is 7.05 Å². The average molecular weight is 490 g/mol. The Morgan fingerprint density at radius 2 is 1.91 bits per heavy atom. The number of aromatic nitrogens is 6. The molecule has 0 aliphatic rings. The molecule has 4 aromatic rings. The summed E-state index contributed by atoms with van der Waals surface area (Å²) in [6.07, 6.45) is 1.94. The van der Waals surface area contributed by atoms with E-state index in [0.717, 1.165) is 16.7 Å². The van der Waals surface area contributed by atoms with E-state index in [1.807, 2.05) is 32.0 Å². The lowest BCUT2D eigenvalue weighted by molar-refractivity contribution is 0.0662. The van der Waals surface area contributed by atoms with Crippen LogP contribution in [0.2, 0.25) is 10.0 Å². The molecule has 4 rings (SSSR count). The molecule has 174 valence electrons. The lowest BCUT2D eigenvalue weighted by Crippen LogP contribution is -2.27. The monoisotopic (exact) mass is 489 g/mol. The number of halogens is 2. The van der Waals surface area contributed by atoms with Crippen LogP contribution in [-0.4, -0.2) is 39.6 Å². The molecule has 0 amide bonds. The van der Waals surface area contributed by atoms with E-state index in [4.69, 9.17) is 23.2 Å². The number of rotatable bonds is 6. The summed E-state index contributed by atoms with van der Waals surface area (Å²) in [5.74, 6) is 0.725. The van der Waals surface area contributed by atoms with E-state index < -0.39 is 5.60 Å². The van der Waals surface area contributed by atoms with Gasteiger partial charge in [-0.2, -0.15) is 10.1 Å². The van der Waals surface area contributed by atoms with Gasteiger partial charge in [-0.3, -0.25) is 9.13 Å². The van der Waals surface area contributed by atoms with Gasteiger partial charge in [0.25, 0.3) is 5.95 Å². The van der Waals surface area contributed by atoms with E-state index in [1.165, 1.54) is 6.20 Å². The van der Waals surface area contributed by atoms with Gasteiger partial charge in [0.1, 0.15) is 5.02 Å². The first-order valence-electron chi connectivity index (χ1n) is 10.4. The summed E-state index contributed by atoms with van der Waals surface area (Å²) >= 11 is 12.6. The van der Waals surface area contributed by atoms with E-state index in [-0.39, 0.29) is 5.69 Å². The second-order valence-electron chi connectivity index (χ2n) is 8.65. The van der Waals surface area contributed by atoms with Gasteiger partial charge in [0.2, 0.25) is 0 Å². The Hall–Kier alpha value is -2.88. The molecule has 0 bridgehead atoms. The standard InChI is InChI=1S/C22H25Cl2N7O2/c1-12-18(24)13(2)31(28-12)20-25-11-15(23)19(27-20)26-14-6-7-16-17(10-14)30(21(32)29(16)5)9-8-22(3,4)33/h6-7,10-11,33H,8-9H2,1-5H3,(H,25,26,27). The fourth-order valence-electron chi connectivity index (χ4n) is 3.59. The molecular formula is C22H25Cl2N7O2. The number of imidazole rings is 1. The minimum absolute atomic E-state index is 0.143. The topological polar surface area (TPSA) is 103 Å². The van der Waals surface area contributed by atoms with Gasteiger partial charge in [-0.25, -0.2) is 14.5 Å². The highest BCUT2D eigenvalue weighted by molar-refractivity contribution is 6.33. The molecule has 0 saturated carbocycles. The van der Waals surface area contributed by atoms with Crippen LogP contribution in [0.3, 0.4) is 0 Å². The van der Waals surface area contributed by atoms with Crippen LogP contribution in [0.5, 0.6) is 0 Å². The Bertz CT molecular complexity index is 1410. The molecule has 0 atom stereocenters. The second kappa shape index (κ2) is 8.48. The van der Waals surface area contributed by atoms with Crippen LogP contribution >= 0.6 is 23.2 Å². The molecule has 0 saturated heterocycles. The van der Waals surface area contributed by atoms with Gasteiger partial charge in [-0.15, -0.1) is 0 Å². The quantitative estimate of drug-likeness (QED) is 0.421. The van der Waals surface area contributed by atoms with E-state index in [0.29, 0.717) is 46.2 Å². The lowest BCUT2D eigenvalue weighted by Gasteiger charge is -2.17. The maximum Gasteiger partial charge on any atom is 0.328 e. The Labute approximate surface area is 200 Å². The second-order valence-corrected chi connectivity index (χ2v) is 9.43. The van der Waals surface area contributed by atoms with Crippen molar-refractivity contribution in [2.75, 3.05) is 5.32 Å². The van der Waals surface area contributed by atoms with Crippen LogP contribution in [0, 0.1) is 13.8 Å². The summed E-state index contributed by atoms with van der Waals surface area (Å²) in [5.41, 5.74) is 2.61. The van der Waals surface area contributed by atoms with Gasteiger partial charge in [0.05, 0.1) is 39.2 Å². The number of nitrogens with zero attached hydrogens (tertiary/aromatic N) is 6. The van der Waals surface area contributed by atoms with Crippen LogP contribution in [0.25, 0.3) is 17.0 Å². The fraction of sp³-hybridized carbons (Fsp3) is 0.364. The number of benzene rings is 1. The van der Waals surface area contributed by atoms with Crippen molar-refractivity contribution in [1.82, 2.24) is 28.9 Å². The summed E-state index contributed by atoms with van der Waals surface area (Å²) in [6.45, 7) is 7.49. The molecular weight excluding hydrogens is 465 g/mol. The minimum atomic E-state index is -0.881. The van der Waals surface area contributed by atoms with Gasteiger partial charge >= 0.3 is 5.69 Å². The number of hydrogen-bond donors (Lipinski definition) is 2. The van der Waals surface area contributed by atoms with Crippen LogP contribution < -0.4 is 11.0 Å². The minimum Gasteiger partial charge on any atom is -0.390 e. The molecule has 0 radical (unpaired) electrons. The van der Waals surface area contributed by atoms with Crippen molar-refractivity contribution in [3.8, 4) is 5.95 Å². The molecule has 2 N–H and O–H groups in total. The normalized spacial score (nSPS) is 12.0. The largest absolute Gasteiger partial charge is 0.390 e. The zero-order valence-electron chi connectivity index (χ0n) is 19.0. The van der Waals surface area contributed by atoms with Crippen molar-refractivity contribution in [3.05, 3.63) is 56.3 Å². The van der Waals surface area contributed by atoms with E-state index in [2.05, 4.69) is 20.4 Å². The zero-order chi connectivity index (χ0) is 24.1. The van der Waals surface area contributed by atoms with Crippen molar-refractivity contribution in [1.29, 1.82) is 0 Å². The maximum absolute atomic E-state index is 12.8. The van der Waals surface area contributed by atoms with Gasteiger partial charge < -0.3 is 10.4 Å². The summed E-state index contributed by atoms with van der Waals surface area (Å²) in [6, 6.07) is 5.57. The molecule has 0 fully saturated rings. The highest BCUT2D eigenvalue weighted by Gasteiger charge is 2.18. The van der Waals surface area contributed by atoms with Gasteiger partial charge in [0, 0.05) is 19.3 Å². The predicted molar refractivity (Wildman–Crippen MR) is 130 cm³/mol. The fourth-order valence-corrected chi connectivity index (χ4v) is 3.85. The van der Waals surface area contributed by atoms with Crippen LogP contribution in [-0.2, 0) is 13.6 Å². The number of fused-ring (bicyclic) bond motifs is 1. The molecule has 3 aromatic heterocycles. The third-order valence-electron chi connectivity index (χ3n) is 5.48. The smallest absolute Gasteiger partial charge is 0.328 e. The number of aliphatic hydroxyl groups is 1. The van der Waals surface area contributed by atoms with Crippen molar-refractivity contribution in [3.63, 3.8) is 0 Å². The molecule has 33 heavy (non-hydrogen) atoms. The third-order valence-corrected chi connectivity index (χ3v) is 6.30. The Kier molecular flexibility index (Phi) is 5.98. The van der Waals surface area contributed by atoms with Crippen molar-refractivity contribution >= 4 is 45.7 Å². The summed E-state index contributed by atoms with van der Waals surface area (Å²) in [4.78, 5) is 21.6. The number of hydrogen-bond acceptors (Lipinski definition) is 6. The zero-order valence-corrected chi connectivity index (χ0v) is 20.5. The average Bonchev–Trinajstić information content (AvgIpc) is 3.15. The molecule has 0 aliphatic heterocycles. The van der Waals surface area contributed by atoms with Gasteiger partial charge in [0.15, 0.2) is 5.82 Å². The van der Waals surface area contributed by atoms with E-state index in [1.54, 1.807) is 34.7 Å². The van der Waals surface area contributed by atoms with E-state index in [9.17, 15) is 9.90 Å². The van der Waals surface area contributed by atoms with Crippen molar-refractivity contribution in [2.45, 2.75) is 46.3 Å². The lowest BCUT2D eigenvalue weighted by atomic mass is 10.1. The Morgan fingerprint density at radius 3 is 2.55 bits per heavy atom. The summed E-state index contributed by atoms with van der Waals surface area (Å²) in [7, 11) is 1.73. The van der Waals surface area contributed by atoms with Gasteiger partial charge in [-0.05, 0) is 52.3 Å². The Balaban J connectivity index is 1.72. The summed E-state index contributed by atoms with van der Waals surface area (Å²) < 4.78 is 4.81. The third kappa shape index (κ3) is 4.48. The van der Waals surface area contributed by atoms with Gasteiger partial charge in [-0.1, -0.05) is 23.2 Å². The van der Waals surface area contributed by atoms with Crippen LogP contribution in [0.15, 0.2) is 29.2 Å². The first kappa shape index (κ1) is 23.3. The molecule has 3 heterocycles. The molecule has 0 spiro atoms. The predicted octanol–water partition coefficient (Wildman–Crippen LogP) is 4.14. The van der Waals surface area contributed by atoms with Crippen LogP contribution in [0.4, 0.5) is 11.5 Å². The number of nitrogens with one attached hydrogen (secondary N) is 1. The van der Waals surface area contributed by atoms with Crippen molar-refractivity contribution < 1.29 is 5.11 Å². The summed E-state index contributed by atoms with van der Waals surface area (Å²) in [5, 5.41) is 18.6. The first-order chi connectivity index (χ1) is 15.5. The first-order valence-corrected chi connectivity index (χ1v) is 11.1. The van der Waals surface area contributed by atoms with Crippen LogP contribution in [0.1, 0.15) is 31.7 Å². The number of aryl methyl sites for hydroxylation is 3. The highest BCUT2D eigenvalue weighted by Crippen LogP contribution is 2.27. The van der Waals surface area contributed by atoms with E-state index >= 15 is 0 Å². The molecule has 0 aliphatic carbocycles.